The van der Waals surface area contributed by atoms with E-state index in [4.69, 9.17) is 10.5 Å². The molecule has 3 atom stereocenters. The number of nitrogens with two attached hydrogens (primary N) is 1. The van der Waals surface area contributed by atoms with E-state index < -0.39 is 0 Å². The molecular formula is C13H17NO2. The molecule has 1 aromatic rings. The van der Waals surface area contributed by atoms with Gasteiger partial charge in [-0.2, -0.15) is 0 Å². The van der Waals surface area contributed by atoms with Gasteiger partial charge < -0.3 is 15.6 Å². The third-order valence-corrected chi connectivity index (χ3v) is 4.12. The Balaban J connectivity index is 1.99. The average Bonchev–Trinajstić information content (AvgIpc) is 2.90. The molecule has 2 saturated heterocycles. The molecule has 2 aliphatic rings. The van der Waals surface area contributed by atoms with Crippen molar-refractivity contribution in [1.82, 2.24) is 0 Å². The monoisotopic (exact) mass is 219 g/mol. The van der Waals surface area contributed by atoms with E-state index in [0.717, 1.165) is 12.8 Å². The number of benzene rings is 1. The second-order valence-electron chi connectivity index (χ2n) is 4.94. The SMILES string of the molecule is NCC1(c2ccc(O)cc2)CC2CCC1O2. The van der Waals surface area contributed by atoms with Crippen LogP contribution in [0.25, 0.3) is 0 Å². The van der Waals surface area contributed by atoms with Crippen molar-refractivity contribution in [2.45, 2.75) is 36.9 Å². The molecule has 0 spiro atoms. The number of hydrogen-bond donors (Lipinski definition) is 2. The van der Waals surface area contributed by atoms with Crippen LogP contribution in [0.2, 0.25) is 0 Å². The predicted molar refractivity (Wildman–Crippen MR) is 61.4 cm³/mol. The first kappa shape index (κ1) is 10.1. The summed E-state index contributed by atoms with van der Waals surface area (Å²) in [6.45, 7) is 0.624. The fourth-order valence-electron chi connectivity index (χ4n) is 3.23. The van der Waals surface area contributed by atoms with Gasteiger partial charge in [0.25, 0.3) is 0 Å². The topological polar surface area (TPSA) is 55.5 Å². The highest BCUT2D eigenvalue weighted by Gasteiger charge is 2.52. The van der Waals surface area contributed by atoms with Gasteiger partial charge in [0.1, 0.15) is 5.75 Å². The summed E-state index contributed by atoms with van der Waals surface area (Å²) in [4.78, 5) is 0. The summed E-state index contributed by atoms with van der Waals surface area (Å²) in [6.07, 6.45) is 3.97. The van der Waals surface area contributed by atoms with Crippen LogP contribution in [-0.4, -0.2) is 23.9 Å². The van der Waals surface area contributed by atoms with Crippen LogP contribution >= 0.6 is 0 Å². The number of fused-ring (bicyclic) bond motifs is 2. The Morgan fingerprint density at radius 1 is 1.31 bits per heavy atom. The van der Waals surface area contributed by atoms with Crippen molar-refractivity contribution >= 4 is 0 Å². The first-order chi connectivity index (χ1) is 7.74. The molecule has 86 valence electrons. The van der Waals surface area contributed by atoms with E-state index in [1.165, 1.54) is 12.0 Å². The molecule has 3 heteroatoms. The zero-order valence-corrected chi connectivity index (χ0v) is 9.23. The zero-order valence-electron chi connectivity index (χ0n) is 9.23. The van der Waals surface area contributed by atoms with Crippen molar-refractivity contribution in [3.8, 4) is 5.75 Å². The summed E-state index contributed by atoms with van der Waals surface area (Å²) < 4.78 is 5.92. The summed E-state index contributed by atoms with van der Waals surface area (Å²) >= 11 is 0. The van der Waals surface area contributed by atoms with E-state index in [2.05, 4.69) is 0 Å². The minimum absolute atomic E-state index is 0.0172. The smallest absolute Gasteiger partial charge is 0.115 e. The Kier molecular flexibility index (Phi) is 2.19. The van der Waals surface area contributed by atoms with Crippen molar-refractivity contribution in [2.75, 3.05) is 6.54 Å². The van der Waals surface area contributed by atoms with Crippen LogP contribution in [0.3, 0.4) is 0 Å². The second-order valence-corrected chi connectivity index (χ2v) is 4.94. The summed E-state index contributed by atoms with van der Waals surface area (Å²) in [5.41, 5.74) is 7.17. The van der Waals surface area contributed by atoms with Gasteiger partial charge in [-0.05, 0) is 37.0 Å². The van der Waals surface area contributed by atoms with E-state index in [0.29, 0.717) is 18.4 Å². The molecular weight excluding hydrogens is 202 g/mol. The number of aromatic hydroxyl groups is 1. The maximum absolute atomic E-state index is 9.33. The van der Waals surface area contributed by atoms with Crippen LogP contribution in [0.1, 0.15) is 24.8 Å². The van der Waals surface area contributed by atoms with Crippen LogP contribution in [0.4, 0.5) is 0 Å². The highest BCUT2D eigenvalue weighted by Crippen LogP contribution is 2.48. The van der Waals surface area contributed by atoms with Gasteiger partial charge in [0.15, 0.2) is 0 Å². The van der Waals surface area contributed by atoms with Crippen LogP contribution in [0.5, 0.6) is 5.75 Å². The fourth-order valence-corrected chi connectivity index (χ4v) is 3.23. The van der Waals surface area contributed by atoms with Crippen LogP contribution in [0, 0.1) is 0 Å². The van der Waals surface area contributed by atoms with Crippen LogP contribution in [0.15, 0.2) is 24.3 Å². The lowest BCUT2D eigenvalue weighted by Gasteiger charge is -2.34. The van der Waals surface area contributed by atoms with E-state index in [1.54, 1.807) is 12.1 Å². The van der Waals surface area contributed by atoms with Crippen molar-refractivity contribution in [3.05, 3.63) is 29.8 Å². The molecule has 0 saturated carbocycles. The van der Waals surface area contributed by atoms with Gasteiger partial charge in [-0.3, -0.25) is 0 Å². The number of phenols is 1. The molecule has 3 nitrogen and oxygen atoms in total. The molecule has 2 bridgehead atoms. The maximum atomic E-state index is 9.33. The average molecular weight is 219 g/mol. The zero-order chi connectivity index (χ0) is 11.2. The Labute approximate surface area is 95.2 Å². The molecule has 0 radical (unpaired) electrons. The van der Waals surface area contributed by atoms with Gasteiger partial charge in [0.05, 0.1) is 12.2 Å². The van der Waals surface area contributed by atoms with Crippen LogP contribution < -0.4 is 5.73 Å². The molecule has 2 fully saturated rings. The first-order valence-electron chi connectivity index (χ1n) is 5.90. The van der Waals surface area contributed by atoms with E-state index >= 15 is 0 Å². The minimum Gasteiger partial charge on any atom is -0.508 e. The number of rotatable bonds is 2. The highest BCUT2D eigenvalue weighted by atomic mass is 16.5. The molecule has 0 amide bonds. The van der Waals surface area contributed by atoms with Gasteiger partial charge >= 0.3 is 0 Å². The quantitative estimate of drug-likeness (QED) is 0.793. The third-order valence-electron chi connectivity index (χ3n) is 4.12. The third kappa shape index (κ3) is 1.28. The largest absolute Gasteiger partial charge is 0.508 e. The van der Waals surface area contributed by atoms with Crippen molar-refractivity contribution in [3.63, 3.8) is 0 Å². The molecule has 2 heterocycles. The Bertz CT molecular complexity index is 389. The lowest BCUT2D eigenvalue weighted by molar-refractivity contribution is 0.0857. The first-order valence-corrected chi connectivity index (χ1v) is 5.90. The van der Waals surface area contributed by atoms with E-state index in [9.17, 15) is 5.11 Å². The Morgan fingerprint density at radius 3 is 2.56 bits per heavy atom. The minimum atomic E-state index is -0.0172. The summed E-state index contributed by atoms with van der Waals surface area (Å²) in [5.74, 6) is 0.306. The molecule has 0 aromatic heterocycles. The molecule has 3 rings (SSSR count). The van der Waals surface area contributed by atoms with E-state index in [-0.39, 0.29) is 11.5 Å². The van der Waals surface area contributed by atoms with Gasteiger partial charge in [0.2, 0.25) is 0 Å². The van der Waals surface area contributed by atoms with Crippen molar-refractivity contribution in [2.24, 2.45) is 5.73 Å². The summed E-state index contributed by atoms with van der Waals surface area (Å²) in [5, 5.41) is 9.33. The van der Waals surface area contributed by atoms with Crippen molar-refractivity contribution in [1.29, 1.82) is 0 Å². The number of ether oxygens (including phenoxy) is 1. The van der Waals surface area contributed by atoms with E-state index in [1.807, 2.05) is 12.1 Å². The standard InChI is InChI=1S/C13H17NO2/c14-8-13(7-11-5-6-12(13)16-11)9-1-3-10(15)4-2-9/h1-4,11-12,15H,5-8,14H2. The van der Waals surface area contributed by atoms with Crippen LogP contribution in [-0.2, 0) is 10.2 Å². The summed E-state index contributed by atoms with van der Waals surface area (Å²) in [6, 6.07) is 7.43. The highest BCUT2D eigenvalue weighted by molar-refractivity contribution is 5.35. The van der Waals surface area contributed by atoms with Gasteiger partial charge in [0, 0.05) is 12.0 Å². The molecule has 1 aromatic carbocycles. The number of phenolic OH excluding ortho intramolecular Hbond substituents is 1. The molecule has 0 aliphatic carbocycles. The molecule has 3 N–H and O–H groups in total. The predicted octanol–water partition coefficient (Wildman–Crippen LogP) is 1.54. The maximum Gasteiger partial charge on any atom is 0.115 e. The van der Waals surface area contributed by atoms with Gasteiger partial charge in [-0.15, -0.1) is 0 Å². The van der Waals surface area contributed by atoms with Gasteiger partial charge in [-0.25, -0.2) is 0 Å². The Hall–Kier alpha value is -1.06. The molecule has 2 aliphatic heterocycles. The van der Waals surface area contributed by atoms with Crippen molar-refractivity contribution < 1.29 is 9.84 Å². The normalized spacial score (nSPS) is 36.8. The fraction of sp³-hybridized carbons (Fsp3) is 0.538. The molecule has 16 heavy (non-hydrogen) atoms. The second kappa shape index (κ2) is 3.47. The number of hydrogen-bond acceptors (Lipinski definition) is 3. The van der Waals surface area contributed by atoms with Gasteiger partial charge in [-0.1, -0.05) is 12.1 Å². The lowest BCUT2D eigenvalue weighted by Crippen LogP contribution is -2.43. The Morgan fingerprint density at radius 2 is 2.06 bits per heavy atom. The summed E-state index contributed by atoms with van der Waals surface area (Å²) in [7, 11) is 0. The molecule has 3 unspecified atom stereocenters. The lowest BCUT2D eigenvalue weighted by atomic mass is 9.69.